The number of benzene rings is 1. The van der Waals surface area contributed by atoms with E-state index in [4.69, 9.17) is 5.84 Å². The van der Waals surface area contributed by atoms with E-state index in [2.05, 4.69) is 24.0 Å². The predicted octanol–water partition coefficient (Wildman–Crippen LogP) is 2.08. The van der Waals surface area contributed by atoms with Crippen LogP contribution in [-0.4, -0.2) is 14.5 Å². The molecule has 6 heteroatoms. The number of rotatable bonds is 7. The van der Waals surface area contributed by atoms with Crippen molar-refractivity contribution < 1.29 is 8.42 Å². The Morgan fingerprint density at radius 3 is 2.16 bits per heavy atom. The van der Waals surface area contributed by atoms with Crippen LogP contribution in [-0.2, 0) is 10.0 Å². The third-order valence-corrected chi connectivity index (χ3v) is 4.47. The number of hydrogen-bond acceptors (Lipinski definition) is 4. The van der Waals surface area contributed by atoms with Gasteiger partial charge in [-0.2, -0.15) is 0 Å². The molecule has 0 fully saturated rings. The second kappa shape index (κ2) is 6.88. The Morgan fingerprint density at radius 2 is 1.68 bits per heavy atom. The average Bonchev–Trinajstić information content (AvgIpc) is 2.36. The van der Waals surface area contributed by atoms with E-state index in [-0.39, 0.29) is 10.9 Å². The molecule has 19 heavy (non-hydrogen) atoms. The largest absolute Gasteiger partial charge is 0.324 e. The van der Waals surface area contributed by atoms with Gasteiger partial charge < -0.3 is 5.43 Å². The van der Waals surface area contributed by atoms with Gasteiger partial charge in [-0.1, -0.05) is 13.8 Å². The lowest BCUT2D eigenvalue weighted by atomic mass is 10.1. The highest BCUT2D eigenvalue weighted by atomic mass is 32.2. The topological polar surface area (TPSA) is 84.2 Å². The maximum atomic E-state index is 12.1. The summed E-state index contributed by atoms with van der Waals surface area (Å²) in [6.07, 6.45) is 1.83. The van der Waals surface area contributed by atoms with Crippen molar-refractivity contribution >= 4 is 15.7 Å². The van der Waals surface area contributed by atoms with E-state index >= 15 is 0 Å². The number of hydrogen-bond donors (Lipinski definition) is 3. The zero-order chi connectivity index (χ0) is 14.5. The van der Waals surface area contributed by atoms with E-state index in [1.54, 1.807) is 12.1 Å². The molecule has 108 valence electrons. The van der Waals surface area contributed by atoms with Crippen LogP contribution in [0.3, 0.4) is 0 Å². The number of nitrogen functional groups attached to an aromatic ring is 1. The van der Waals surface area contributed by atoms with E-state index in [0.717, 1.165) is 12.8 Å². The molecule has 5 nitrogen and oxygen atoms in total. The highest BCUT2D eigenvalue weighted by Crippen LogP contribution is 2.15. The first kappa shape index (κ1) is 15.9. The average molecular weight is 285 g/mol. The first-order chi connectivity index (χ1) is 8.85. The van der Waals surface area contributed by atoms with Crippen LogP contribution in [0.2, 0.25) is 0 Å². The van der Waals surface area contributed by atoms with E-state index in [1.807, 2.05) is 6.92 Å². The quantitative estimate of drug-likeness (QED) is 0.529. The van der Waals surface area contributed by atoms with Crippen LogP contribution in [0.4, 0.5) is 5.69 Å². The van der Waals surface area contributed by atoms with Crippen molar-refractivity contribution in [2.75, 3.05) is 5.43 Å². The second-order valence-electron chi connectivity index (χ2n) is 5.16. The Bertz CT molecular complexity index is 483. The summed E-state index contributed by atoms with van der Waals surface area (Å²) >= 11 is 0. The molecule has 1 aromatic carbocycles. The van der Waals surface area contributed by atoms with Crippen molar-refractivity contribution in [3.63, 3.8) is 0 Å². The van der Waals surface area contributed by atoms with Crippen molar-refractivity contribution in [2.24, 2.45) is 11.8 Å². The van der Waals surface area contributed by atoms with Gasteiger partial charge in [0, 0.05) is 11.7 Å². The van der Waals surface area contributed by atoms with Crippen molar-refractivity contribution in [3.05, 3.63) is 24.3 Å². The summed E-state index contributed by atoms with van der Waals surface area (Å²) in [6, 6.07) is 6.26. The van der Waals surface area contributed by atoms with Crippen LogP contribution in [0, 0.1) is 5.92 Å². The summed E-state index contributed by atoms with van der Waals surface area (Å²) in [5, 5.41) is 0. The van der Waals surface area contributed by atoms with Gasteiger partial charge in [-0.15, -0.1) is 0 Å². The Kier molecular flexibility index (Phi) is 5.78. The van der Waals surface area contributed by atoms with E-state index in [1.165, 1.54) is 12.1 Å². The lowest BCUT2D eigenvalue weighted by Gasteiger charge is -2.15. The van der Waals surface area contributed by atoms with Gasteiger partial charge in [-0.25, -0.2) is 13.1 Å². The van der Waals surface area contributed by atoms with Crippen molar-refractivity contribution in [2.45, 2.75) is 44.6 Å². The minimum atomic E-state index is -3.45. The van der Waals surface area contributed by atoms with Crippen molar-refractivity contribution in [1.29, 1.82) is 0 Å². The summed E-state index contributed by atoms with van der Waals surface area (Å²) in [7, 11) is -3.45. The van der Waals surface area contributed by atoms with E-state index in [0.29, 0.717) is 11.6 Å². The summed E-state index contributed by atoms with van der Waals surface area (Å²) in [5.41, 5.74) is 3.14. The molecule has 0 aliphatic heterocycles. The molecular formula is C13H23N3O2S. The van der Waals surface area contributed by atoms with Crippen LogP contribution in [0.1, 0.15) is 33.6 Å². The molecule has 0 saturated heterocycles. The van der Waals surface area contributed by atoms with Gasteiger partial charge >= 0.3 is 0 Å². The van der Waals surface area contributed by atoms with E-state index in [9.17, 15) is 8.42 Å². The molecule has 1 unspecified atom stereocenters. The highest BCUT2D eigenvalue weighted by Gasteiger charge is 2.17. The van der Waals surface area contributed by atoms with Gasteiger partial charge in [0.2, 0.25) is 10.0 Å². The summed E-state index contributed by atoms with van der Waals surface area (Å²) in [5.74, 6) is 5.81. The van der Waals surface area contributed by atoms with Crippen LogP contribution < -0.4 is 16.0 Å². The lowest BCUT2D eigenvalue weighted by molar-refractivity contribution is 0.485. The molecule has 0 amide bonds. The van der Waals surface area contributed by atoms with Crippen LogP contribution in [0.25, 0.3) is 0 Å². The van der Waals surface area contributed by atoms with Crippen LogP contribution in [0.5, 0.6) is 0 Å². The molecule has 0 aliphatic rings. The smallest absolute Gasteiger partial charge is 0.240 e. The SMILES string of the molecule is CC(C)CCC(C)NS(=O)(=O)c1ccc(NN)cc1. The molecule has 1 atom stereocenters. The molecule has 0 spiro atoms. The highest BCUT2D eigenvalue weighted by molar-refractivity contribution is 7.89. The normalized spacial score (nSPS) is 13.5. The zero-order valence-corrected chi connectivity index (χ0v) is 12.5. The summed E-state index contributed by atoms with van der Waals surface area (Å²) in [6.45, 7) is 6.13. The van der Waals surface area contributed by atoms with Crippen molar-refractivity contribution in [1.82, 2.24) is 4.72 Å². The molecule has 4 N–H and O–H groups in total. The number of nitrogens with two attached hydrogens (primary N) is 1. The van der Waals surface area contributed by atoms with Crippen molar-refractivity contribution in [3.8, 4) is 0 Å². The first-order valence-electron chi connectivity index (χ1n) is 6.44. The molecule has 0 saturated carbocycles. The molecule has 0 aromatic heterocycles. The molecular weight excluding hydrogens is 262 g/mol. The molecule has 0 bridgehead atoms. The monoisotopic (exact) mass is 285 g/mol. The van der Waals surface area contributed by atoms with E-state index < -0.39 is 10.0 Å². The fourth-order valence-electron chi connectivity index (χ4n) is 1.71. The fraction of sp³-hybridized carbons (Fsp3) is 0.538. The van der Waals surface area contributed by atoms with Gasteiger partial charge in [0.05, 0.1) is 4.90 Å². The maximum Gasteiger partial charge on any atom is 0.240 e. The zero-order valence-electron chi connectivity index (χ0n) is 11.7. The number of anilines is 1. The van der Waals surface area contributed by atoms with Gasteiger partial charge in [0.15, 0.2) is 0 Å². The summed E-state index contributed by atoms with van der Waals surface area (Å²) < 4.78 is 26.9. The molecule has 0 heterocycles. The predicted molar refractivity (Wildman–Crippen MR) is 78.1 cm³/mol. The third-order valence-electron chi connectivity index (χ3n) is 2.86. The van der Waals surface area contributed by atoms with Gasteiger partial charge in [-0.05, 0) is 49.9 Å². The minimum absolute atomic E-state index is 0.0697. The third kappa shape index (κ3) is 5.18. The standard InChI is InChI=1S/C13H23N3O2S/c1-10(2)4-5-11(3)16-19(17,18)13-8-6-12(15-14)7-9-13/h6-11,15-16H,4-5,14H2,1-3H3. The molecule has 0 radical (unpaired) electrons. The molecule has 1 aromatic rings. The Labute approximate surface area is 115 Å². The number of hydrazine groups is 1. The fourth-order valence-corrected chi connectivity index (χ4v) is 2.98. The molecule has 0 aliphatic carbocycles. The minimum Gasteiger partial charge on any atom is -0.324 e. The van der Waals surface area contributed by atoms with Crippen LogP contribution >= 0.6 is 0 Å². The Hall–Kier alpha value is -1.11. The first-order valence-corrected chi connectivity index (χ1v) is 7.92. The second-order valence-corrected chi connectivity index (χ2v) is 6.88. The Morgan fingerprint density at radius 1 is 1.11 bits per heavy atom. The van der Waals surface area contributed by atoms with Gasteiger partial charge in [-0.3, -0.25) is 5.84 Å². The Balaban J connectivity index is 2.69. The van der Waals surface area contributed by atoms with Gasteiger partial charge in [0.25, 0.3) is 0 Å². The number of nitrogens with one attached hydrogen (secondary N) is 2. The number of sulfonamides is 1. The van der Waals surface area contributed by atoms with Crippen LogP contribution in [0.15, 0.2) is 29.2 Å². The molecule has 1 rings (SSSR count). The van der Waals surface area contributed by atoms with Gasteiger partial charge in [0.1, 0.15) is 0 Å². The summed E-state index contributed by atoms with van der Waals surface area (Å²) in [4.78, 5) is 0.253. The maximum absolute atomic E-state index is 12.1. The lowest BCUT2D eigenvalue weighted by Crippen LogP contribution is -2.32.